The lowest BCUT2D eigenvalue weighted by Gasteiger charge is -2.20. The number of nitrogen functional groups attached to an aromatic ring is 1. The smallest absolute Gasteiger partial charge is 0.0560 e. The zero-order valence-electron chi connectivity index (χ0n) is 17.2. The van der Waals surface area contributed by atoms with Crippen LogP contribution in [0, 0.1) is 6.92 Å². The number of aryl methyl sites for hydroxylation is 1. The number of anilines is 1. The average molecular weight is 391 g/mol. The number of benzene rings is 4. The summed E-state index contributed by atoms with van der Waals surface area (Å²) in [7, 11) is 0. The summed E-state index contributed by atoms with van der Waals surface area (Å²) in [5.74, 6) is 5.94. The fourth-order valence-corrected chi connectivity index (χ4v) is 3.88. The molecule has 0 fully saturated rings. The first-order valence-electron chi connectivity index (χ1n) is 10.2. The second kappa shape index (κ2) is 9.25. The van der Waals surface area contributed by atoms with Gasteiger partial charge in [-0.1, -0.05) is 103 Å². The third kappa shape index (κ3) is 4.35. The van der Waals surface area contributed by atoms with Gasteiger partial charge in [-0.05, 0) is 53.3 Å². The van der Waals surface area contributed by atoms with Gasteiger partial charge in [-0.15, -0.1) is 0 Å². The van der Waals surface area contributed by atoms with Crippen molar-refractivity contribution in [2.24, 2.45) is 5.84 Å². The Morgan fingerprint density at radius 1 is 0.700 bits per heavy atom. The third-order valence-electron chi connectivity index (χ3n) is 5.31. The molecular formula is C28H26N2. The van der Waals surface area contributed by atoms with Crippen LogP contribution in [0.1, 0.15) is 27.8 Å². The maximum absolute atomic E-state index is 5.94. The topological polar surface area (TPSA) is 38.0 Å². The number of nitrogens with two attached hydrogens (primary N) is 1. The number of hydrazine groups is 1. The summed E-state index contributed by atoms with van der Waals surface area (Å²) in [6.07, 6.45) is 0.804. The number of allylic oxidation sites excluding steroid dienone is 1. The molecule has 0 aliphatic carbocycles. The van der Waals surface area contributed by atoms with Crippen LogP contribution in [0.3, 0.4) is 0 Å². The van der Waals surface area contributed by atoms with Crippen LogP contribution in [0.25, 0.3) is 11.1 Å². The molecule has 148 valence electrons. The van der Waals surface area contributed by atoms with Gasteiger partial charge in [0.15, 0.2) is 0 Å². The van der Waals surface area contributed by atoms with E-state index in [1.165, 1.54) is 33.4 Å². The van der Waals surface area contributed by atoms with Crippen LogP contribution in [0.4, 0.5) is 5.69 Å². The van der Waals surface area contributed by atoms with Gasteiger partial charge in [0.1, 0.15) is 0 Å². The summed E-state index contributed by atoms with van der Waals surface area (Å²) in [6.45, 7) is 2.12. The lowest BCUT2D eigenvalue weighted by molar-refractivity contribution is 1.25. The maximum Gasteiger partial charge on any atom is 0.0560 e. The normalized spacial score (nSPS) is 10.5. The molecule has 0 radical (unpaired) electrons. The molecule has 2 heteroatoms. The Balaban J connectivity index is 2.05. The molecule has 0 saturated carbocycles. The van der Waals surface area contributed by atoms with Crippen LogP contribution in [0.2, 0.25) is 0 Å². The van der Waals surface area contributed by atoms with E-state index in [9.17, 15) is 0 Å². The van der Waals surface area contributed by atoms with Crippen LogP contribution < -0.4 is 11.3 Å². The van der Waals surface area contributed by atoms with E-state index in [0.717, 1.165) is 17.7 Å². The Morgan fingerprint density at radius 3 is 1.77 bits per heavy atom. The maximum atomic E-state index is 5.94. The van der Waals surface area contributed by atoms with E-state index in [1.807, 2.05) is 0 Å². The second-order valence-corrected chi connectivity index (χ2v) is 7.44. The number of rotatable bonds is 6. The minimum absolute atomic E-state index is 0.804. The Morgan fingerprint density at radius 2 is 1.23 bits per heavy atom. The van der Waals surface area contributed by atoms with Gasteiger partial charge < -0.3 is 5.43 Å². The fourth-order valence-electron chi connectivity index (χ4n) is 3.88. The summed E-state index contributed by atoms with van der Waals surface area (Å²) in [4.78, 5) is 0. The molecular weight excluding hydrogens is 364 g/mol. The predicted octanol–water partition coefficient (Wildman–Crippen LogP) is 6.48. The van der Waals surface area contributed by atoms with Crippen LogP contribution in [0.15, 0.2) is 109 Å². The molecule has 0 heterocycles. The molecule has 0 spiro atoms. The molecule has 4 aromatic rings. The summed E-state index contributed by atoms with van der Waals surface area (Å²) < 4.78 is 0. The van der Waals surface area contributed by atoms with Crippen molar-refractivity contribution in [3.8, 4) is 0 Å². The van der Waals surface area contributed by atoms with E-state index in [-0.39, 0.29) is 0 Å². The summed E-state index contributed by atoms with van der Waals surface area (Å²) in [6, 6.07) is 38.2. The number of hydrogen-bond acceptors (Lipinski definition) is 2. The van der Waals surface area contributed by atoms with Crippen molar-refractivity contribution in [3.63, 3.8) is 0 Å². The molecule has 0 atom stereocenters. The largest absolute Gasteiger partial charge is 0.324 e. The van der Waals surface area contributed by atoms with E-state index < -0.39 is 0 Å². The molecule has 30 heavy (non-hydrogen) atoms. The van der Waals surface area contributed by atoms with Crippen molar-refractivity contribution in [1.29, 1.82) is 0 Å². The SMILES string of the molecule is Cc1ccc(NN)c(C(Cc2ccccc2)=C(c2ccccc2)c2ccccc2)c1. The molecule has 4 aromatic carbocycles. The molecule has 0 saturated heterocycles. The first kappa shape index (κ1) is 19.7. The van der Waals surface area contributed by atoms with Gasteiger partial charge in [0.25, 0.3) is 0 Å². The first-order valence-corrected chi connectivity index (χ1v) is 10.2. The van der Waals surface area contributed by atoms with Crippen molar-refractivity contribution in [2.75, 3.05) is 5.43 Å². The van der Waals surface area contributed by atoms with E-state index in [4.69, 9.17) is 5.84 Å². The van der Waals surface area contributed by atoms with Crippen molar-refractivity contribution < 1.29 is 0 Å². The quantitative estimate of drug-likeness (QED) is 0.224. The zero-order valence-corrected chi connectivity index (χ0v) is 17.2. The third-order valence-corrected chi connectivity index (χ3v) is 5.31. The highest BCUT2D eigenvalue weighted by molar-refractivity contribution is 6.01. The van der Waals surface area contributed by atoms with Crippen molar-refractivity contribution >= 4 is 16.8 Å². The Hall–Kier alpha value is -3.62. The van der Waals surface area contributed by atoms with Crippen molar-refractivity contribution in [1.82, 2.24) is 0 Å². The van der Waals surface area contributed by atoms with Crippen LogP contribution in [0.5, 0.6) is 0 Å². The van der Waals surface area contributed by atoms with Crippen molar-refractivity contribution in [3.05, 3.63) is 137 Å². The van der Waals surface area contributed by atoms with E-state index >= 15 is 0 Å². The van der Waals surface area contributed by atoms with Crippen molar-refractivity contribution in [2.45, 2.75) is 13.3 Å². The fraction of sp³-hybridized carbons (Fsp3) is 0.0714. The molecule has 3 N–H and O–H groups in total. The van der Waals surface area contributed by atoms with Gasteiger partial charge >= 0.3 is 0 Å². The summed E-state index contributed by atoms with van der Waals surface area (Å²) in [5, 5.41) is 0. The molecule has 0 aromatic heterocycles. The Kier molecular flexibility index (Phi) is 6.07. The standard InChI is InChI=1S/C28H26N2/c1-21-17-18-27(30-29)25(19-21)26(20-22-11-5-2-6-12-22)28(23-13-7-3-8-14-23)24-15-9-4-10-16-24/h2-19,30H,20,29H2,1H3. The summed E-state index contributed by atoms with van der Waals surface area (Å²) in [5.41, 5.74) is 12.3. The van der Waals surface area contributed by atoms with Crippen LogP contribution in [-0.2, 0) is 6.42 Å². The highest BCUT2D eigenvalue weighted by Crippen LogP contribution is 2.37. The van der Waals surface area contributed by atoms with E-state index in [0.29, 0.717) is 0 Å². The van der Waals surface area contributed by atoms with Crippen LogP contribution >= 0.6 is 0 Å². The van der Waals surface area contributed by atoms with E-state index in [1.54, 1.807) is 0 Å². The molecule has 0 aliphatic heterocycles. The molecule has 0 amide bonds. The predicted molar refractivity (Wildman–Crippen MR) is 128 cm³/mol. The van der Waals surface area contributed by atoms with Crippen LogP contribution in [-0.4, -0.2) is 0 Å². The Bertz CT molecular complexity index is 1090. The number of nitrogens with one attached hydrogen (secondary N) is 1. The van der Waals surface area contributed by atoms with Gasteiger partial charge in [-0.2, -0.15) is 0 Å². The highest BCUT2D eigenvalue weighted by atomic mass is 15.2. The molecule has 0 aliphatic rings. The molecule has 0 bridgehead atoms. The highest BCUT2D eigenvalue weighted by Gasteiger charge is 2.17. The van der Waals surface area contributed by atoms with E-state index in [2.05, 4.69) is 122 Å². The van der Waals surface area contributed by atoms with Gasteiger partial charge in [0, 0.05) is 5.56 Å². The number of hydrogen-bond donors (Lipinski definition) is 2. The van der Waals surface area contributed by atoms with Gasteiger partial charge in [-0.3, -0.25) is 5.84 Å². The molecule has 2 nitrogen and oxygen atoms in total. The van der Waals surface area contributed by atoms with Gasteiger partial charge in [0.05, 0.1) is 5.69 Å². The monoisotopic (exact) mass is 390 g/mol. The molecule has 4 rings (SSSR count). The lowest BCUT2D eigenvalue weighted by atomic mass is 9.85. The van der Waals surface area contributed by atoms with Gasteiger partial charge in [0.2, 0.25) is 0 Å². The second-order valence-electron chi connectivity index (χ2n) is 7.44. The molecule has 0 unspecified atom stereocenters. The minimum Gasteiger partial charge on any atom is -0.324 e. The Labute approximate surface area is 178 Å². The van der Waals surface area contributed by atoms with Gasteiger partial charge in [-0.25, -0.2) is 0 Å². The average Bonchev–Trinajstić information content (AvgIpc) is 2.81. The first-order chi connectivity index (χ1) is 14.8. The zero-order chi connectivity index (χ0) is 20.8. The summed E-state index contributed by atoms with van der Waals surface area (Å²) >= 11 is 0. The minimum atomic E-state index is 0.804. The lowest BCUT2D eigenvalue weighted by Crippen LogP contribution is -2.10.